The molecule has 5 nitrogen and oxygen atoms in total. The number of carboxylic acid groups (broad SMARTS) is 2. The van der Waals surface area contributed by atoms with Crippen molar-refractivity contribution in [3.8, 4) is 0 Å². The van der Waals surface area contributed by atoms with Crippen molar-refractivity contribution >= 4 is 6.16 Å². The fraction of sp³-hybridized carbons (Fsp3) is 0.857. The third kappa shape index (κ3) is 7.48. The van der Waals surface area contributed by atoms with Crippen LogP contribution >= 0.6 is 0 Å². The van der Waals surface area contributed by atoms with Gasteiger partial charge in [0.05, 0.1) is 0 Å². The minimum atomic E-state index is -2.33. The Labute approximate surface area is 128 Å². The van der Waals surface area contributed by atoms with Gasteiger partial charge in [-0.05, 0) is 6.16 Å². The molecule has 0 atom stereocenters. The van der Waals surface area contributed by atoms with Gasteiger partial charge in [0.2, 0.25) is 0 Å². The molecule has 3 aliphatic rings. The van der Waals surface area contributed by atoms with E-state index in [1.54, 1.807) is 0 Å². The molecule has 3 heterocycles. The number of fused-ring (bicyclic) bond motifs is 3. The van der Waals surface area contributed by atoms with Crippen LogP contribution in [0.4, 0.5) is 4.79 Å². The molecule has 3 aliphatic heterocycles. The summed E-state index contributed by atoms with van der Waals surface area (Å²) in [6.45, 7) is 7.92. The first-order valence-corrected chi connectivity index (χ1v) is 4.01. The maximum absolute atomic E-state index is 8.33. The average Bonchev–Trinajstić information content (AvgIpc) is 2.07. The van der Waals surface area contributed by atoms with Gasteiger partial charge in [-0.1, -0.05) is 0 Å². The van der Waals surface area contributed by atoms with Crippen molar-refractivity contribution in [3.05, 3.63) is 0 Å². The molecule has 0 aliphatic carbocycles. The first kappa shape index (κ1) is 17.6. The summed E-state index contributed by atoms with van der Waals surface area (Å²) in [5.74, 6) is 0. The molecular formula is C7H12N2Na2O3. The van der Waals surface area contributed by atoms with Crippen molar-refractivity contribution in [2.75, 3.05) is 39.3 Å². The predicted octanol–water partition coefficient (Wildman–Crippen LogP) is -8.82. The Morgan fingerprint density at radius 1 is 0.786 bits per heavy atom. The smallest absolute Gasteiger partial charge is 0.652 e. The molecule has 7 heteroatoms. The summed E-state index contributed by atoms with van der Waals surface area (Å²) in [6, 6.07) is 0. The molecule has 3 fully saturated rings. The van der Waals surface area contributed by atoms with Gasteiger partial charge < -0.3 is 15.0 Å². The van der Waals surface area contributed by atoms with E-state index in [2.05, 4.69) is 9.80 Å². The van der Waals surface area contributed by atoms with Gasteiger partial charge in [-0.2, -0.15) is 0 Å². The van der Waals surface area contributed by atoms with Crippen LogP contribution in [0.15, 0.2) is 0 Å². The first-order chi connectivity index (χ1) is 5.68. The van der Waals surface area contributed by atoms with Gasteiger partial charge in [0.1, 0.15) is 0 Å². The summed E-state index contributed by atoms with van der Waals surface area (Å²) < 4.78 is 0. The van der Waals surface area contributed by atoms with E-state index in [0.717, 1.165) is 0 Å². The van der Waals surface area contributed by atoms with Crippen molar-refractivity contribution < 1.29 is 74.1 Å². The molecule has 0 unspecified atom stereocenters. The number of carbonyl (C=O) groups excluding carboxylic acids is 1. The van der Waals surface area contributed by atoms with Gasteiger partial charge in [-0.15, -0.1) is 0 Å². The maximum atomic E-state index is 8.33. The zero-order valence-electron chi connectivity index (χ0n) is 8.86. The van der Waals surface area contributed by atoms with E-state index in [1.807, 2.05) is 0 Å². The Balaban J connectivity index is 0. The Morgan fingerprint density at radius 3 is 1.00 bits per heavy atom. The molecule has 14 heavy (non-hydrogen) atoms. The summed E-state index contributed by atoms with van der Waals surface area (Å²) in [5.41, 5.74) is 0. The Morgan fingerprint density at radius 2 is 0.929 bits per heavy atom. The second-order valence-electron chi connectivity index (χ2n) is 2.93. The van der Waals surface area contributed by atoms with E-state index in [4.69, 9.17) is 15.0 Å². The topological polar surface area (TPSA) is 69.7 Å². The normalized spacial score (nSPS) is 27.4. The number of hydrogen-bond donors (Lipinski definition) is 0. The van der Waals surface area contributed by atoms with Gasteiger partial charge in [0.25, 0.3) is 0 Å². The van der Waals surface area contributed by atoms with Crippen molar-refractivity contribution in [2.45, 2.75) is 0 Å². The first-order valence-electron chi connectivity index (χ1n) is 4.01. The molecule has 0 aromatic carbocycles. The quantitative estimate of drug-likeness (QED) is 0.378. The fourth-order valence-corrected chi connectivity index (χ4v) is 1.52. The van der Waals surface area contributed by atoms with Gasteiger partial charge in [0.15, 0.2) is 0 Å². The van der Waals surface area contributed by atoms with E-state index in [0.29, 0.717) is 0 Å². The molecule has 0 spiro atoms. The number of nitrogens with zero attached hydrogens (tertiary/aromatic N) is 2. The number of piperazine rings is 3. The molecular weight excluding hydrogens is 206 g/mol. The Bertz CT molecular complexity index is 136. The van der Waals surface area contributed by atoms with Crippen molar-refractivity contribution in [3.63, 3.8) is 0 Å². The summed E-state index contributed by atoms with van der Waals surface area (Å²) in [7, 11) is 0. The summed E-state index contributed by atoms with van der Waals surface area (Å²) in [6.07, 6.45) is -2.33. The van der Waals surface area contributed by atoms with Gasteiger partial charge in [0, 0.05) is 39.3 Å². The Kier molecular flexibility index (Phi) is 11.8. The van der Waals surface area contributed by atoms with Crippen LogP contribution in [0.5, 0.6) is 0 Å². The molecule has 0 amide bonds. The van der Waals surface area contributed by atoms with Crippen LogP contribution in [0.3, 0.4) is 0 Å². The van der Waals surface area contributed by atoms with Crippen molar-refractivity contribution in [1.29, 1.82) is 0 Å². The zero-order chi connectivity index (χ0) is 8.97. The predicted molar refractivity (Wildman–Crippen MR) is 38.3 cm³/mol. The van der Waals surface area contributed by atoms with Crippen LogP contribution in [0.25, 0.3) is 0 Å². The molecule has 0 saturated carbocycles. The van der Waals surface area contributed by atoms with Crippen LogP contribution < -0.4 is 69.3 Å². The van der Waals surface area contributed by atoms with Gasteiger partial charge in [-0.25, -0.2) is 0 Å². The van der Waals surface area contributed by atoms with Crippen LogP contribution in [0, 0.1) is 0 Å². The maximum Gasteiger partial charge on any atom is 1.00 e. The minimum absolute atomic E-state index is 0. The van der Waals surface area contributed by atoms with Gasteiger partial charge in [-0.3, -0.25) is 9.80 Å². The number of carbonyl (C=O) groups is 1. The van der Waals surface area contributed by atoms with Crippen LogP contribution in [-0.2, 0) is 0 Å². The standard InChI is InChI=1S/C6H12N2.CH2O3.2Na/c1-2-8-5-3-7(1)4-6-8;2-1(3)4;;/h1-6H2;(H2,2,3,4);;/q;;2*+1/p-2. The zero-order valence-corrected chi connectivity index (χ0v) is 12.9. The molecule has 0 aromatic rings. The van der Waals surface area contributed by atoms with E-state index in [-0.39, 0.29) is 59.1 Å². The molecule has 0 N–H and O–H groups in total. The van der Waals surface area contributed by atoms with Crippen molar-refractivity contribution in [1.82, 2.24) is 9.80 Å². The second kappa shape index (κ2) is 9.42. The number of hydrogen-bond acceptors (Lipinski definition) is 5. The molecule has 0 radical (unpaired) electrons. The largest absolute Gasteiger partial charge is 1.00 e. The number of rotatable bonds is 0. The van der Waals surface area contributed by atoms with Crippen LogP contribution in [0.1, 0.15) is 0 Å². The van der Waals surface area contributed by atoms with E-state index in [9.17, 15) is 0 Å². The minimum Gasteiger partial charge on any atom is -0.652 e. The molecule has 2 bridgehead atoms. The SMILES string of the molecule is C1CN2CCN1CC2.O=C([O-])[O-].[Na+].[Na+]. The summed E-state index contributed by atoms with van der Waals surface area (Å²) >= 11 is 0. The van der Waals surface area contributed by atoms with Crippen molar-refractivity contribution in [2.24, 2.45) is 0 Å². The third-order valence-electron chi connectivity index (χ3n) is 2.20. The molecule has 70 valence electrons. The van der Waals surface area contributed by atoms with E-state index < -0.39 is 6.16 Å². The monoisotopic (exact) mass is 218 g/mol. The van der Waals surface area contributed by atoms with E-state index >= 15 is 0 Å². The molecule has 3 rings (SSSR count). The molecule has 0 aromatic heterocycles. The third-order valence-corrected chi connectivity index (χ3v) is 2.20. The second-order valence-corrected chi connectivity index (χ2v) is 2.93. The van der Waals surface area contributed by atoms with Gasteiger partial charge >= 0.3 is 59.1 Å². The Hall–Kier alpha value is 1.19. The van der Waals surface area contributed by atoms with Crippen LogP contribution in [-0.4, -0.2) is 55.2 Å². The molecule has 3 saturated heterocycles. The van der Waals surface area contributed by atoms with E-state index in [1.165, 1.54) is 39.3 Å². The van der Waals surface area contributed by atoms with Crippen LogP contribution in [0.2, 0.25) is 0 Å². The summed E-state index contributed by atoms with van der Waals surface area (Å²) in [4.78, 5) is 13.4. The fourth-order valence-electron chi connectivity index (χ4n) is 1.52. The average molecular weight is 218 g/mol. The summed E-state index contributed by atoms with van der Waals surface area (Å²) in [5, 5.41) is 16.7.